The number of para-hydroxylation sites is 1. The molecular formula is C13H10N4O. The highest BCUT2D eigenvalue weighted by Crippen LogP contribution is 2.12. The molecule has 18 heavy (non-hydrogen) atoms. The third-order valence-electron chi connectivity index (χ3n) is 2.59. The van der Waals surface area contributed by atoms with Gasteiger partial charge in [0.2, 0.25) is 0 Å². The molecule has 0 aliphatic rings. The number of carbonyl (C=O) groups is 1. The lowest BCUT2D eigenvalue weighted by Gasteiger charge is -2.03. The number of fused-ring (bicyclic) bond motifs is 1. The first kappa shape index (κ1) is 10.5. The van der Waals surface area contributed by atoms with E-state index in [0.29, 0.717) is 11.4 Å². The van der Waals surface area contributed by atoms with Crippen molar-refractivity contribution in [1.82, 2.24) is 15.2 Å². The summed E-state index contributed by atoms with van der Waals surface area (Å²) in [5.74, 6) is -0.248. The van der Waals surface area contributed by atoms with E-state index in [1.165, 1.54) is 0 Å². The summed E-state index contributed by atoms with van der Waals surface area (Å²) < 4.78 is 0. The normalized spacial score (nSPS) is 10.4. The fourth-order valence-electron chi connectivity index (χ4n) is 1.71. The Hall–Kier alpha value is -2.69. The summed E-state index contributed by atoms with van der Waals surface area (Å²) in [5.41, 5.74) is 1.81. The highest BCUT2D eigenvalue weighted by Gasteiger charge is 2.08. The van der Waals surface area contributed by atoms with Crippen LogP contribution in [-0.4, -0.2) is 21.1 Å². The third-order valence-corrected chi connectivity index (χ3v) is 2.59. The molecule has 0 saturated carbocycles. The number of hydrogen-bond donors (Lipinski definition) is 2. The van der Waals surface area contributed by atoms with Gasteiger partial charge in [-0.2, -0.15) is 5.10 Å². The molecule has 0 unspecified atom stereocenters. The molecule has 0 fully saturated rings. The monoisotopic (exact) mass is 238 g/mol. The van der Waals surface area contributed by atoms with E-state index in [1.54, 1.807) is 18.5 Å². The van der Waals surface area contributed by atoms with Crippen molar-refractivity contribution in [3.63, 3.8) is 0 Å². The summed E-state index contributed by atoms with van der Waals surface area (Å²) in [7, 11) is 0. The first-order valence-electron chi connectivity index (χ1n) is 5.49. The molecule has 5 nitrogen and oxygen atoms in total. The van der Waals surface area contributed by atoms with Crippen LogP contribution in [0.1, 0.15) is 10.5 Å². The Balaban J connectivity index is 1.92. The maximum absolute atomic E-state index is 11.9. The average Bonchev–Trinajstić information content (AvgIpc) is 2.91. The minimum Gasteiger partial charge on any atom is -0.318 e. The molecule has 3 aromatic rings. The molecule has 1 aromatic carbocycles. The lowest BCUT2D eigenvalue weighted by molar-refractivity contribution is 0.102. The SMILES string of the molecule is O=C(Nc1cn[nH]c1)c1ccc2ccccc2n1. The summed E-state index contributed by atoms with van der Waals surface area (Å²) in [6.45, 7) is 0. The highest BCUT2D eigenvalue weighted by atomic mass is 16.1. The van der Waals surface area contributed by atoms with E-state index in [2.05, 4.69) is 20.5 Å². The second-order valence-corrected chi connectivity index (χ2v) is 3.83. The minimum absolute atomic E-state index is 0.248. The Bertz CT molecular complexity index is 691. The number of hydrogen-bond acceptors (Lipinski definition) is 3. The molecule has 0 spiro atoms. The van der Waals surface area contributed by atoms with E-state index in [0.717, 1.165) is 10.9 Å². The molecule has 2 aromatic heterocycles. The first-order valence-corrected chi connectivity index (χ1v) is 5.49. The predicted molar refractivity (Wildman–Crippen MR) is 68.3 cm³/mol. The van der Waals surface area contributed by atoms with E-state index >= 15 is 0 Å². The number of benzene rings is 1. The Morgan fingerprint density at radius 1 is 1.17 bits per heavy atom. The molecule has 5 heteroatoms. The van der Waals surface area contributed by atoms with Gasteiger partial charge < -0.3 is 5.32 Å². The van der Waals surface area contributed by atoms with Crippen molar-refractivity contribution in [3.05, 3.63) is 54.5 Å². The quantitative estimate of drug-likeness (QED) is 0.719. The van der Waals surface area contributed by atoms with E-state index in [4.69, 9.17) is 0 Å². The van der Waals surface area contributed by atoms with Crippen molar-refractivity contribution in [1.29, 1.82) is 0 Å². The second kappa shape index (κ2) is 4.29. The van der Waals surface area contributed by atoms with Gasteiger partial charge in [0.05, 0.1) is 17.4 Å². The smallest absolute Gasteiger partial charge is 0.274 e. The predicted octanol–water partition coefficient (Wildman–Crippen LogP) is 2.21. The molecule has 88 valence electrons. The maximum Gasteiger partial charge on any atom is 0.274 e. The van der Waals surface area contributed by atoms with Gasteiger partial charge in [0.1, 0.15) is 5.69 Å². The topological polar surface area (TPSA) is 70.7 Å². The van der Waals surface area contributed by atoms with Gasteiger partial charge in [0, 0.05) is 11.6 Å². The molecule has 0 aliphatic heterocycles. The number of nitrogens with one attached hydrogen (secondary N) is 2. The number of H-pyrrole nitrogens is 1. The molecule has 0 aliphatic carbocycles. The summed E-state index contributed by atoms with van der Waals surface area (Å²) in [4.78, 5) is 16.3. The van der Waals surface area contributed by atoms with E-state index < -0.39 is 0 Å². The molecular weight excluding hydrogens is 228 g/mol. The number of carbonyl (C=O) groups excluding carboxylic acids is 1. The lowest BCUT2D eigenvalue weighted by Crippen LogP contribution is -2.13. The van der Waals surface area contributed by atoms with Gasteiger partial charge in [-0.15, -0.1) is 0 Å². The molecule has 2 N–H and O–H groups in total. The average molecular weight is 238 g/mol. The number of aromatic amines is 1. The van der Waals surface area contributed by atoms with Crippen molar-refractivity contribution in [2.75, 3.05) is 5.32 Å². The number of rotatable bonds is 2. The standard InChI is InChI=1S/C13H10N4O/c18-13(16-10-7-14-15-8-10)12-6-5-9-3-1-2-4-11(9)17-12/h1-8H,(H,14,15)(H,16,18). The maximum atomic E-state index is 11.9. The number of anilines is 1. The zero-order valence-corrected chi connectivity index (χ0v) is 9.42. The van der Waals surface area contributed by atoms with Crippen molar-refractivity contribution in [2.24, 2.45) is 0 Å². The lowest BCUT2D eigenvalue weighted by atomic mass is 10.2. The van der Waals surface area contributed by atoms with Gasteiger partial charge >= 0.3 is 0 Å². The van der Waals surface area contributed by atoms with Crippen LogP contribution in [0.25, 0.3) is 10.9 Å². The first-order chi connectivity index (χ1) is 8.83. The van der Waals surface area contributed by atoms with Crippen molar-refractivity contribution in [2.45, 2.75) is 0 Å². The van der Waals surface area contributed by atoms with Gasteiger partial charge in [-0.1, -0.05) is 24.3 Å². The van der Waals surface area contributed by atoms with Crippen LogP contribution in [0, 0.1) is 0 Å². The number of nitrogens with zero attached hydrogens (tertiary/aromatic N) is 2. The zero-order valence-electron chi connectivity index (χ0n) is 9.42. The van der Waals surface area contributed by atoms with Crippen molar-refractivity contribution in [3.8, 4) is 0 Å². The van der Waals surface area contributed by atoms with Crippen LogP contribution >= 0.6 is 0 Å². The number of aromatic nitrogens is 3. The number of pyridine rings is 1. The third kappa shape index (κ3) is 1.93. The van der Waals surface area contributed by atoms with Crippen LogP contribution in [-0.2, 0) is 0 Å². The largest absolute Gasteiger partial charge is 0.318 e. The van der Waals surface area contributed by atoms with Crippen LogP contribution < -0.4 is 5.32 Å². The van der Waals surface area contributed by atoms with Gasteiger partial charge in [0.15, 0.2) is 0 Å². The zero-order chi connectivity index (χ0) is 12.4. The Kier molecular flexibility index (Phi) is 2.49. The van der Waals surface area contributed by atoms with Crippen molar-refractivity contribution >= 4 is 22.5 Å². The molecule has 0 atom stereocenters. The highest BCUT2D eigenvalue weighted by molar-refractivity contribution is 6.03. The summed E-state index contributed by atoms with van der Waals surface area (Å²) in [6.07, 6.45) is 3.15. The molecule has 3 rings (SSSR count). The van der Waals surface area contributed by atoms with Crippen LogP contribution in [0.4, 0.5) is 5.69 Å². The summed E-state index contributed by atoms with van der Waals surface area (Å²) >= 11 is 0. The summed E-state index contributed by atoms with van der Waals surface area (Å²) in [5, 5.41) is 10.1. The van der Waals surface area contributed by atoms with Crippen LogP contribution in [0.15, 0.2) is 48.8 Å². The molecule has 0 saturated heterocycles. The summed E-state index contributed by atoms with van der Waals surface area (Å²) in [6, 6.07) is 11.3. The van der Waals surface area contributed by atoms with E-state index in [9.17, 15) is 4.79 Å². The minimum atomic E-state index is -0.248. The van der Waals surface area contributed by atoms with Crippen LogP contribution in [0.3, 0.4) is 0 Å². The fourth-order valence-corrected chi connectivity index (χ4v) is 1.71. The van der Waals surface area contributed by atoms with Gasteiger partial charge in [0.25, 0.3) is 5.91 Å². The van der Waals surface area contributed by atoms with Crippen LogP contribution in [0.5, 0.6) is 0 Å². The Labute approximate surface area is 103 Å². The second-order valence-electron chi connectivity index (χ2n) is 3.83. The molecule has 1 amide bonds. The Morgan fingerprint density at radius 2 is 2.06 bits per heavy atom. The Morgan fingerprint density at radius 3 is 2.89 bits per heavy atom. The van der Waals surface area contributed by atoms with Gasteiger partial charge in [-0.3, -0.25) is 9.89 Å². The molecule has 0 radical (unpaired) electrons. The number of amides is 1. The van der Waals surface area contributed by atoms with E-state index in [1.807, 2.05) is 30.3 Å². The van der Waals surface area contributed by atoms with E-state index in [-0.39, 0.29) is 5.91 Å². The molecule has 0 bridgehead atoms. The molecule has 2 heterocycles. The van der Waals surface area contributed by atoms with Crippen LogP contribution in [0.2, 0.25) is 0 Å². The van der Waals surface area contributed by atoms with Crippen molar-refractivity contribution < 1.29 is 4.79 Å². The fraction of sp³-hybridized carbons (Fsp3) is 0. The van der Waals surface area contributed by atoms with Gasteiger partial charge in [-0.05, 0) is 12.1 Å². The van der Waals surface area contributed by atoms with Gasteiger partial charge in [-0.25, -0.2) is 4.98 Å².